The largest absolute Gasteiger partial charge is 0.508 e. The molecule has 8 nitrogen and oxygen atoms in total. The Balaban J connectivity index is 1.59. The van der Waals surface area contributed by atoms with Gasteiger partial charge in [-0.05, 0) is 37.3 Å². The molecule has 142 valence electrons. The predicted octanol–water partition coefficient (Wildman–Crippen LogP) is 2.45. The van der Waals surface area contributed by atoms with Crippen molar-refractivity contribution in [2.24, 2.45) is 0 Å². The molecule has 3 rings (SSSR count). The van der Waals surface area contributed by atoms with E-state index >= 15 is 0 Å². The second kappa shape index (κ2) is 8.05. The summed E-state index contributed by atoms with van der Waals surface area (Å²) < 4.78 is 0. The number of hydrogen-bond acceptors (Lipinski definition) is 6. The number of carbonyl (C=O) groups excluding carboxylic acids is 1. The lowest BCUT2D eigenvalue weighted by Gasteiger charge is -2.38. The Bertz CT molecular complexity index is 817. The lowest BCUT2D eigenvalue weighted by atomic mass is 10.2. The van der Waals surface area contributed by atoms with Crippen LogP contribution in [0.25, 0.3) is 0 Å². The number of nitrogens with one attached hydrogen (secondary N) is 1. The number of aromatic hydroxyl groups is 1. The summed E-state index contributed by atoms with van der Waals surface area (Å²) in [5.41, 5.74) is 1.13. The van der Waals surface area contributed by atoms with Crippen molar-refractivity contribution in [2.45, 2.75) is 13.0 Å². The van der Waals surface area contributed by atoms with Crippen molar-refractivity contribution in [1.29, 1.82) is 0 Å². The van der Waals surface area contributed by atoms with Gasteiger partial charge in [0.1, 0.15) is 11.4 Å². The third kappa shape index (κ3) is 4.35. The van der Waals surface area contributed by atoms with Crippen molar-refractivity contribution in [3.8, 4) is 5.75 Å². The molecule has 1 heterocycles. The van der Waals surface area contributed by atoms with E-state index in [4.69, 9.17) is 0 Å². The van der Waals surface area contributed by atoms with Gasteiger partial charge in [0.2, 0.25) is 5.91 Å². The Kier molecular flexibility index (Phi) is 5.56. The zero-order valence-electron chi connectivity index (χ0n) is 15.0. The van der Waals surface area contributed by atoms with Crippen LogP contribution in [0.4, 0.5) is 17.1 Å². The molecule has 2 aromatic carbocycles. The van der Waals surface area contributed by atoms with Crippen LogP contribution in [0.2, 0.25) is 0 Å². The van der Waals surface area contributed by atoms with Crippen molar-refractivity contribution >= 4 is 23.0 Å². The van der Waals surface area contributed by atoms with Gasteiger partial charge in [0.15, 0.2) is 0 Å². The third-order valence-electron chi connectivity index (χ3n) is 4.81. The van der Waals surface area contributed by atoms with Crippen LogP contribution in [0.3, 0.4) is 0 Å². The quantitative estimate of drug-likeness (QED) is 0.620. The number of anilines is 2. The smallest absolute Gasteiger partial charge is 0.292 e. The number of carbonyl (C=O) groups is 1. The predicted molar refractivity (Wildman–Crippen MR) is 103 cm³/mol. The van der Waals surface area contributed by atoms with Crippen LogP contribution < -0.4 is 10.2 Å². The molecular formula is C19H22N4O4. The molecule has 1 aliphatic rings. The number of nitro groups is 1. The van der Waals surface area contributed by atoms with E-state index in [2.05, 4.69) is 15.1 Å². The number of phenols is 1. The van der Waals surface area contributed by atoms with Crippen molar-refractivity contribution in [3.63, 3.8) is 0 Å². The van der Waals surface area contributed by atoms with Gasteiger partial charge in [-0.15, -0.1) is 0 Å². The second-order valence-electron chi connectivity index (χ2n) is 6.48. The molecule has 8 heteroatoms. The summed E-state index contributed by atoms with van der Waals surface area (Å²) in [6, 6.07) is 12.8. The first kappa shape index (κ1) is 18.7. The maximum Gasteiger partial charge on any atom is 0.292 e. The lowest BCUT2D eigenvalue weighted by molar-refractivity contribution is -0.383. The van der Waals surface area contributed by atoms with Crippen LogP contribution in [0.15, 0.2) is 48.5 Å². The third-order valence-corrected chi connectivity index (χ3v) is 4.81. The van der Waals surface area contributed by atoms with Crippen LogP contribution >= 0.6 is 0 Å². The molecular weight excluding hydrogens is 348 g/mol. The van der Waals surface area contributed by atoms with Crippen LogP contribution in [-0.4, -0.2) is 53.1 Å². The topological polar surface area (TPSA) is 98.9 Å². The number of amides is 1. The van der Waals surface area contributed by atoms with E-state index < -0.39 is 11.0 Å². The molecule has 2 aromatic rings. The first-order valence-electron chi connectivity index (χ1n) is 8.78. The molecule has 0 bridgehead atoms. The number of para-hydroxylation sites is 2. The van der Waals surface area contributed by atoms with Gasteiger partial charge in [-0.25, -0.2) is 0 Å². The number of benzene rings is 2. The molecule has 0 spiro atoms. The van der Waals surface area contributed by atoms with Gasteiger partial charge < -0.3 is 15.3 Å². The van der Waals surface area contributed by atoms with E-state index in [9.17, 15) is 20.0 Å². The molecule has 0 unspecified atom stereocenters. The van der Waals surface area contributed by atoms with E-state index in [1.165, 1.54) is 12.1 Å². The number of nitro benzene ring substituents is 1. The van der Waals surface area contributed by atoms with Crippen molar-refractivity contribution in [3.05, 3.63) is 58.6 Å². The summed E-state index contributed by atoms with van der Waals surface area (Å²) in [6.07, 6.45) is 0. The summed E-state index contributed by atoms with van der Waals surface area (Å²) >= 11 is 0. The van der Waals surface area contributed by atoms with E-state index in [1.54, 1.807) is 31.2 Å². The molecule has 27 heavy (non-hydrogen) atoms. The SMILES string of the molecule is C[C@@H](C(=O)Nc1ccccc1[N+](=O)[O-])N1CCN(c2ccc(O)cc2)CC1. The minimum Gasteiger partial charge on any atom is -0.508 e. The highest BCUT2D eigenvalue weighted by Crippen LogP contribution is 2.24. The van der Waals surface area contributed by atoms with Gasteiger partial charge >= 0.3 is 0 Å². The Morgan fingerprint density at radius 1 is 1.11 bits per heavy atom. The van der Waals surface area contributed by atoms with E-state index in [0.717, 1.165) is 18.8 Å². The fourth-order valence-corrected chi connectivity index (χ4v) is 3.17. The van der Waals surface area contributed by atoms with Crippen LogP contribution in [0.1, 0.15) is 6.92 Å². The van der Waals surface area contributed by atoms with E-state index in [0.29, 0.717) is 13.1 Å². The highest BCUT2D eigenvalue weighted by atomic mass is 16.6. The highest BCUT2D eigenvalue weighted by molar-refractivity contribution is 5.96. The summed E-state index contributed by atoms with van der Waals surface area (Å²) in [7, 11) is 0. The van der Waals surface area contributed by atoms with E-state index in [-0.39, 0.29) is 23.0 Å². The van der Waals surface area contributed by atoms with Gasteiger partial charge in [-0.2, -0.15) is 0 Å². The average Bonchev–Trinajstić information content (AvgIpc) is 2.68. The monoisotopic (exact) mass is 370 g/mol. The normalized spacial score (nSPS) is 16.0. The molecule has 1 aliphatic heterocycles. The van der Waals surface area contributed by atoms with Gasteiger partial charge in [0.25, 0.3) is 5.69 Å². The molecule has 0 aromatic heterocycles. The van der Waals surface area contributed by atoms with Crippen LogP contribution in [0, 0.1) is 10.1 Å². The van der Waals surface area contributed by atoms with Crippen LogP contribution in [0.5, 0.6) is 5.75 Å². The minimum atomic E-state index is -0.503. The second-order valence-corrected chi connectivity index (χ2v) is 6.48. The van der Waals surface area contributed by atoms with Gasteiger partial charge in [0.05, 0.1) is 11.0 Å². The number of nitrogens with zero attached hydrogens (tertiary/aromatic N) is 3. The summed E-state index contributed by atoms with van der Waals surface area (Å²) in [6.45, 7) is 4.72. The number of piperazine rings is 1. The Morgan fingerprint density at radius 3 is 2.37 bits per heavy atom. The number of phenolic OH excluding ortho intramolecular Hbond substituents is 1. The van der Waals surface area contributed by atoms with Gasteiger partial charge in [0, 0.05) is 37.9 Å². The molecule has 1 saturated heterocycles. The highest BCUT2D eigenvalue weighted by Gasteiger charge is 2.27. The molecule has 1 fully saturated rings. The fraction of sp³-hybridized carbons (Fsp3) is 0.316. The molecule has 1 amide bonds. The summed E-state index contributed by atoms with van der Waals surface area (Å²) in [4.78, 5) is 27.4. The average molecular weight is 370 g/mol. The minimum absolute atomic E-state index is 0.116. The van der Waals surface area contributed by atoms with E-state index in [1.807, 2.05) is 12.1 Å². The summed E-state index contributed by atoms with van der Waals surface area (Å²) in [5, 5.41) is 23.2. The molecule has 0 saturated carbocycles. The summed E-state index contributed by atoms with van der Waals surface area (Å²) in [5.74, 6) is -0.0277. The molecule has 0 radical (unpaired) electrons. The maximum absolute atomic E-state index is 12.6. The molecule has 1 atom stereocenters. The first-order valence-corrected chi connectivity index (χ1v) is 8.78. The zero-order chi connectivity index (χ0) is 19.4. The van der Waals surface area contributed by atoms with Crippen molar-refractivity contribution in [2.75, 3.05) is 36.4 Å². The Labute approximate surface area is 157 Å². The molecule has 2 N–H and O–H groups in total. The Morgan fingerprint density at radius 2 is 1.74 bits per heavy atom. The van der Waals surface area contributed by atoms with Gasteiger partial charge in [-0.3, -0.25) is 19.8 Å². The first-order chi connectivity index (χ1) is 13.0. The van der Waals surface area contributed by atoms with Crippen molar-refractivity contribution < 1.29 is 14.8 Å². The zero-order valence-corrected chi connectivity index (χ0v) is 15.0. The molecule has 0 aliphatic carbocycles. The number of rotatable bonds is 5. The maximum atomic E-state index is 12.6. The van der Waals surface area contributed by atoms with Crippen molar-refractivity contribution in [1.82, 2.24) is 4.90 Å². The van der Waals surface area contributed by atoms with Crippen LogP contribution in [-0.2, 0) is 4.79 Å². The standard InChI is InChI=1S/C19H22N4O4/c1-14(19(25)20-17-4-2-3-5-18(17)23(26)27)21-10-12-22(13-11-21)15-6-8-16(24)9-7-15/h2-9,14,24H,10-13H2,1H3,(H,20,25)/t14-/m0/s1. The lowest BCUT2D eigenvalue weighted by Crippen LogP contribution is -2.52. The number of hydrogen-bond donors (Lipinski definition) is 2. The fourth-order valence-electron chi connectivity index (χ4n) is 3.17. The van der Waals surface area contributed by atoms with Gasteiger partial charge in [-0.1, -0.05) is 12.1 Å². The Hall–Kier alpha value is -3.13.